The SMILES string of the molecule is CCc1cc2c(=O)c(-c3ccc4c(c3)OCCO4)c(C)oc2cc1OCC(=O)[O-]. The van der Waals surface area contributed by atoms with Gasteiger partial charge in [-0.15, -0.1) is 0 Å². The summed E-state index contributed by atoms with van der Waals surface area (Å²) in [5.41, 5.74) is 1.99. The molecule has 0 amide bonds. The highest BCUT2D eigenvalue weighted by Crippen LogP contribution is 2.36. The van der Waals surface area contributed by atoms with E-state index in [1.807, 2.05) is 6.92 Å². The van der Waals surface area contributed by atoms with Crippen molar-refractivity contribution in [3.8, 4) is 28.4 Å². The molecule has 0 radical (unpaired) electrons. The summed E-state index contributed by atoms with van der Waals surface area (Å²) < 4.78 is 22.4. The normalized spacial score (nSPS) is 12.8. The molecular formula is C22H19O7-. The Kier molecular flexibility index (Phi) is 4.88. The summed E-state index contributed by atoms with van der Waals surface area (Å²) in [6.07, 6.45) is 0.561. The van der Waals surface area contributed by atoms with Crippen LogP contribution in [0.2, 0.25) is 0 Å². The molecule has 7 nitrogen and oxygen atoms in total. The highest BCUT2D eigenvalue weighted by molar-refractivity contribution is 5.85. The second-order valence-electron chi connectivity index (χ2n) is 6.69. The summed E-state index contributed by atoms with van der Waals surface area (Å²) in [5.74, 6) is 0.713. The van der Waals surface area contributed by atoms with Gasteiger partial charge in [0.1, 0.15) is 36.9 Å². The second-order valence-corrected chi connectivity index (χ2v) is 6.69. The molecule has 7 heteroatoms. The highest BCUT2D eigenvalue weighted by Gasteiger charge is 2.19. The van der Waals surface area contributed by atoms with Crippen LogP contribution in [0.25, 0.3) is 22.1 Å². The fourth-order valence-corrected chi connectivity index (χ4v) is 3.46. The van der Waals surface area contributed by atoms with Gasteiger partial charge in [0, 0.05) is 6.07 Å². The van der Waals surface area contributed by atoms with Crippen LogP contribution in [0.3, 0.4) is 0 Å². The lowest BCUT2D eigenvalue weighted by Crippen LogP contribution is -2.29. The van der Waals surface area contributed by atoms with Crippen LogP contribution >= 0.6 is 0 Å². The van der Waals surface area contributed by atoms with Crippen molar-refractivity contribution in [2.75, 3.05) is 19.8 Å². The number of hydrogen-bond donors (Lipinski definition) is 0. The van der Waals surface area contributed by atoms with Crippen LogP contribution in [0.1, 0.15) is 18.2 Å². The van der Waals surface area contributed by atoms with E-state index in [0.717, 1.165) is 0 Å². The number of aliphatic carboxylic acids is 1. The fraction of sp³-hybridized carbons (Fsp3) is 0.273. The van der Waals surface area contributed by atoms with E-state index in [2.05, 4.69) is 0 Å². The Hall–Kier alpha value is -3.48. The zero-order chi connectivity index (χ0) is 20.5. The Morgan fingerprint density at radius 1 is 1.14 bits per heavy atom. The van der Waals surface area contributed by atoms with E-state index in [1.54, 1.807) is 37.3 Å². The Morgan fingerprint density at radius 3 is 2.62 bits per heavy atom. The van der Waals surface area contributed by atoms with Crippen molar-refractivity contribution in [3.05, 3.63) is 51.9 Å². The van der Waals surface area contributed by atoms with Gasteiger partial charge in [-0.2, -0.15) is 0 Å². The lowest BCUT2D eigenvalue weighted by molar-refractivity contribution is -0.307. The smallest absolute Gasteiger partial charge is 0.200 e. The maximum atomic E-state index is 13.3. The van der Waals surface area contributed by atoms with Gasteiger partial charge in [0.2, 0.25) is 5.43 Å². The fourth-order valence-electron chi connectivity index (χ4n) is 3.46. The van der Waals surface area contributed by atoms with E-state index < -0.39 is 12.6 Å². The molecule has 0 unspecified atom stereocenters. The number of carboxylic acid groups (broad SMARTS) is 1. The van der Waals surface area contributed by atoms with Gasteiger partial charge < -0.3 is 28.5 Å². The van der Waals surface area contributed by atoms with Crippen LogP contribution in [0.5, 0.6) is 17.2 Å². The molecule has 1 aliphatic heterocycles. The number of carboxylic acids is 1. The summed E-state index contributed by atoms with van der Waals surface area (Å²) in [6, 6.07) is 8.60. The van der Waals surface area contributed by atoms with Crippen LogP contribution in [0.15, 0.2) is 39.5 Å². The molecule has 2 heterocycles. The standard InChI is InChI=1S/C22H20O7/c1-3-13-8-15-18(10-17(13)28-11-20(23)24)29-12(2)21(22(15)25)14-4-5-16-19(9-14)27-7-6-26-16/h4-5,8-10H,3,6-7,11H2,1-2H3,(H,23,24)/p-1. The van der Waals surface area contributed by atoms with Gasteiger partial charge in [0.05, 0.1) is 16.9 Å². The predicted octanol–water partition coefficient (Wildman–Crippen LogP) is 2.23. The quantitative estimate of drug-likeness (QED) is 0.653. The van der Waals surface area contributed by atoms with E-state index in [9.17, 15) is 14.7 Å². The lowest BCUT2D eigenvalue weighted by atomic mass is 10.00. The minimum absolute atomic E-state index is 0.179. The third-order valence-electron chi connectivity index (χ3n) is 4.81. The van der Waals surface area contributed by atoms with E-state index in [1.165, 1.54) is 0 Å². The number of aryl methyl sites for hydroxylation is 2. The first-order valence-electron chi connectivity index (χ1n) is 9.31. The molecular weight excluding hydrogens is 376 g/mol. The van der Waals surface area contributed by atoms with E-state index in [4.69, 9.17) is 18.6 Å². The molecule has 0 saturated heterocycles. The number of ether oxygens (including phenoxy) is 3. The van der Waals surface area contributed by atoms with Crippen molar-refractivity contribution < 1.29 is 28.5 Å². The largest absolute Gasteiger partial charge is 0.546 e. The van der Waals surface area contributed by atoms with Gasteiger partial charge in [0.15, 0.2) is 11.5 Å². The average Bonchev–Trinajstić information content (AvgIpc) is 2.71. The first-order chi connectivity index (χ1) is 14.0. The van der Waals surface area contributed by atoms with E-state index in [0.29, 0.717) is 70.3 Å². The number of fused-ring (bicyclic) bond motifs is 2. The van der Waals surface area contributed by atoms with E-state index in [-0.39, 0.29) is 5.43 Å². The monoisotopic (exact) mass is 395 g/mol. The number of carbonyl (C=O) groups is 1. The molecule has 0 N–H and O–H groups in total. The summed E-state index contributed by atoms with van der Waals surface area (Å²) in [6.45, 7) is 3.98. The minimum atomic E-state index is -1.32. The van der Waals surface area contributed by atoms with Gasteiger partial charge >= 0.3 is 0 Å². The number of benzene rings is 2. The van der Waals surface area contributed by atoms with Crippen LogP contribution in [0.4, 0.5) is 0 Å². The molecule has 0 saturated carbocycles. The van der Waals surface area contributed by atoms with Crippen molar-refractivity contribution in [2.45, 2.75) is 20.3 Å². The molecule has 0 bridgehead atoms. The van der Waals surface area contributed by atoms with Gasteiger partial charge in [-0.1, -0.05) is 13.0 Å². The summed E-state index contributed by atoms with van der Waals surface area (Å²) in [4.78, 5) is 24.0. The average molecular weight is 395 g/mol. The molecule has 1 aromatic heterocycles. The van der Waals surface area contributed by atoms with Crippen LogP contribution in [-0.4, -0.2) is 25.8 Å². The molecule has 0 atom stereocenters. The predicted molar refractivity (Wildman–Crippen MR) is 104 cm³/mol. The van der Waals surface area contributed by atoms with Gasteiger partial charge in [-0.05, 0) is 42.7 Å². The molecule has 2 aromatic carbocycles. The minimum Gasteiger partial charge on any atom is -0.546 e. The zero-order valence-electron chi connectivity index (χ0n) is 16.1. The van der Waals surface area contributed by atoms with Crippen molar-refractivity contribution in [3.63, 3.8) is 0 Å². The number of carbonyl (C=O) groups excluding carboxylic acids is 1. The van der Waals surface area contributed by atoms with Crippen LogP contribution in [0, 0.1) is 6.92 Å². The number of hydrogen-bond acceptors (Lipinski definition) is 7. The third-order valence-corrected chi connectivity index (χ3v) is 4.81. The van der Waals surface area contributed by atoms with Crippen molar-refractivity contribution in [1.29, 1.82) is 0 Å². The molecule has 150 valence electrons. The molecule has 29 heavy (non-hydrogen) atoms. The lowest BCUT2D eigenvalue weighted by Gasteiger charge is -2.19. The van der Waals surface area contributed by atoms with Gasteiger partial charge in [-0.3, -0.25) is 4.79 Å². The summed E-state index contributed by atoms with van der Waals surface area (Å²) in [5, 5.41) is 11.1. The Labute approximate surface area is 166 Å². The van der Waals surface area contributed by atoms with Gasteiger partial charge in [-0.25, -0.2) is 0 Å². The first-order valence-corrected chi connectivity index (χ1v) is 9.31. The van der Waals surface area contributed by atoms with E-state index >= 15 is 0 Å². The molecule has 0 aliphatic carbocycles. The summed E-state index contributed by atoms with van der Waals surface area (Å²) >= 11 is 0. The maximum absolute atomic E-state index is 13.3. The summed E-state index contributed by atoms with van der Waals surface area (Å²) in [7, 11) is 0. The molecule has 0 spiro atoms. The van der Waals surface area contributed by atoms with Crippen LogP contribution in [-0.2, 0) is 11.2 Å². The molecule has 4 rings (SSSR count). The third kappa shape index (κ3) is 3.51. The van der Waals surface area contributed by atoms with Crippen molar-refractivity contribution in [2.24, 2.45) is 0 Å². The molecule has 0 fully saturated rings. The topological polar surface area (TPSA) is 98.0 Å². The first kappa shape index (κ1) is 18.9. The van der Waals surface area contributed by atoms with Crippen LogP contribution < -0.4 is 24.7 Å². The second kappa shape index (κ2) is 7.50. The van der Waals surface area contributed by atoms with Crippen molar-refractivity contribution in [1.82, 2.24) is 0 Å². The molecule has 3 aromatic rings. The number of rotatable bonds is 5. The highest BCUT2D eigenvalue weighted by atomic mass is 16.6. The Morgan fingerprint density at radius 2 is 1.90 bits per heavy atom. The van der Waals surface area contributed by atoms with Gasteiger partial charge in [0.25, 0.3) is 0 Å². The zero-order valence-corrected chi connectivity index (χ0v) is 16.1. The maximum Gasteiger partial charge on any atom is 0.200 e. The van der Waals surface area contributed by atoms with Crippen molar-refractivity contribution >= 4 is 16.9 Å². The molecule has 1 aliphatic rings. The Balaban J connectivity index is 1.85. The Bertz CT molecular complexity index is 1160.